The molecule has 1 aromatic heterocycles. The fourth-order valence-electron chi connectivity index (χ4n) is 1.63. The Kier molecular flexibility index (Phi) is 4.65. The van der Waals surface area contributed by atoms with Crippen LogP contribution < -0.4 is 0 Å². The number of carbonyl (C=O) groups excluding carboxylic acids is 1. The van der Waals surface area contributed by atoms with Crippen molar-refractivity contribution in [1.29, 1.82) is 0 Å². The Morgan fingerprint density at radius 1 is 1.47 bits per heavy atom. The SMILES string of the molecule is CN(Cc1cc(Br)cs1)C(=O)c1cc(S)ccc1F. The molecule has 6 heteroatoms. The summed E-state index contributed by atoms with van der Waals surface area (Å²) >= 11 is 9.04. The molecule has 1 heterocycles. The van der Waals surface area contributed by atoms with Gasteiger partial charge in [-0.25, -0.2) is 4.39 Å². The number of rotatable bonds is 3. The maximum Gasteiger partial charge on any atom is 0.256 e. The van der Waals surface area contributed by atoms with Crippen molar-refractivity contribution in [2.75, 3.05) is 7.05 Å². The molecular weight excluding hydrogens is 349 g/mol. The van der Waals surface area contributed by atoms with Gasteiger partial charge in [0, 0.05) is 26.7 Å². The van der Waals surface area contributed by atoms with Crippen molar-refractivity contribution < 1.29 is 9.18 Å². The van der Waals surface area contributed by atoms with Crippen LogP contribution in [-0.4, -0.2) is 17.9 Å². The van der Waals surface area contributed by atoms with E-state index in [1.54, 1.807) is 18.4 Å². The highest BCUT2D eigenvalue weighted by atomic mass is 79.9. The molecule has 0 atom stereocenters. The predicted molar refractivity (Wildman–Crippen MR) is 81.5 cm³/mol. The summed E-state index contributed by atoms with van der Waals surface area (Å²) in [6.07, 6.45) is 0. The maximum absolute atomic E-state index is 13.6. The van der Waals surface area contributed by atoms with E-state index in [1.165, 1.54) is 23.1 Å². The monoisotopic (exact) mass is 359 g/mol. The minimum Gasteiger partial charge on any atom is -0.336 e. The molecule has 0 aliphatic rings. The molecule has 1 aromatic carbocycles. The Labute approximate surface area is 128 Å². The van der Waals surface area contributed by atoms with Crippen LogP contribution in [-0.2, 0) is 6.54 Å². The second-order valence-corrected chi connectivity index (χ2v) is 6.48. The molecule has 0 saturated heterocycles. The van der Waals surface area contributed by atoms with E-state index in [2.05, 4.69) is 28.6 Å². The maximum atomic E-state index is 13.6. The van der Waals surface area contributed by atoms with Gasteiger partial charge in [0.25, 0.3) is 5.91 Å². The van der Waals surface area contributed by atoms with Crippen molar-refractivity contribution in [2.45, 2.75) is 11.4 Å². The van der Waals surface area contributed by atoms with Crippen molar-refractivity contribution in [3.63, 3.8) is 0 Å². The van der Waals surface area contributed by atoms with Crippen molar-refractivity contribution in [3.8, 4) is 0 Å². The number of carbonyl (C=O) groups is 1. The summed E-state index contributed by atoms with van der Waals surface area (Å²) in [6.45, 7) is 0.450. The molecule has 0 fully saturated rings. The summed E-state index contributed by atoms with van der Waals surface area (Å²) in [5, 5.41) is 1.95. The highest BCUT2D eigenvalue weighted by molar-refractivity contribution is 9.10. The third kappa shape index (κ3) is 3.58. The largest absolute Gasteiger partial charge is 0.336 e. The van der Waals surface area contributed by atoms with E-state index < -0.39 is 5.82 Å². The molecule has 0 N–H and O–H groups in total. The smallest absolute Gasteiger partial charge is 0.256 e. The molecule has 0 saturated carbocycles. The van der Waals surface area contributed by atoms with E-state index in [-0.39, 0.29) is 11.5 Å². The zero-order valence-electron chi connectivity index (χ0n) is 10.1. The number of hydrogen-bond donors (Lipinski definition) is 1. The minimum atomic E-state index is -0.526. The fourth-order valence-corrected chi connectivity index (χ4v) is 3.33. The number of thiol groups is 1. The second kappa shape index (κ2) is 6.07. The van der Waals surface area contributed by atoms with Gasteiger partial charge in [0.05, 0.1) is 12.1 Å². The Morgan fingerprint density at radius 3 is 2.84 bits per heavy atom. The topological polar surface area (TPSA) is 20.3 Å². The molecule has 100 valence electrons. The van der Waals surface area contributed by atoms with Crippen LogP contribution in [0.4, 0.5) is 4.39 Å². The van der Waals surface area contributed by atoms with Crippen LogP contribution in [0.2, 0.25) is 0 Å². The van der Waals surface area contributed by atoms with Crippen molar-refractivity contribution in [1.82, 2.24) is 4.90 Å². The Hall–Kier alpha value is -0.850. The Morgan fingerprint density at radius 2 is 2.21 bits per heavy atom. The standard InChI is InChI=1S/C13H11BrFNOS2/c1-16(6-10-4-8(14)7-19-10)13(17)11-5-9(18)2-3-12(11)15/h2-5,7,18H,6H2,1H3. The average molecular weight is 360 g/mol. The molecule has 0 aliphatic heterocycles. The van der Waals surface area contributed by atoms with Gasteiger partial charge < -0.3 is 4.90 Å². The quantitative estimate of drug-likeness (QED) is 0.813. The molecule has 0 aliphatic carbocycles. The molecule has 0 bridgehead atoms. The zero-order chi connectivity index (χ0) is 14.0. The second-order valence-electron chi connectivity index (χ2n) is 4.06. The summed E-state index contributed by atoms with van der Waals surface area (Å²) in [6, 6.07) is 6.16. The van der Waals surface area contributed by atoms with E-state index in [4.69, 9.17) is 0 Å². The van der Waals surface area contributed by atoms with E-state index in [1.807, 2.05) is 11.4 Å². The van der Waals surface area contributed by atoms with Gasteiger partial charge in [-0.1, -0.05) is 0 Å². The van der Waals surface area contributed by atoms with Crippen LogP contribution in [0.1, 0.15) is 15.2 Å². The summed E-state index contributed by atoms with van der Waals surface area (Å²) in [5.74, 6) is -0.875. The van der Waals surface area contributed by atoms with E-state index in [0.29, 0.717) is 11.4 Å². The molecule has 0 unspecified atom stereocenters. The summed E-state index contributed by atoms with van der Waals surface area (Å²) in [7, 11) is 1.65. The summed E-state index contributed by atoms with van der Waals surface area (Å²) in [4.78, 5) is 15.3. The van der Waals surface area contributed by atoms with Crippen LogP contribution in [0.15, 0.2) is 39.0 Å². The molecule has 2 aromatic rings. The lowest BCUT2D eigenvalue weighted by molar-refractivity contribution is 0.0781. The number of benzene rings is 1. The van der Waals surface area contributed by atoms with Gasteiger partial charge in [-0.3, -0.25) is 4.79 Å². The van der Waals surface area contributed by atoms with Crippen molar-refractivity contribution in [2.24, 2.45) is 0 Å². The average Bonchev–Trinajstić information content (AvgIpc) is 2.77. The van der Waals surface area contributed by atoms with E-state index in [9.17, 15) is 9.18 Å². The third-order valence-electron chi connectivity index (χ3n) is 2.54. The molecule has 0 spiro atoms. The molecular formula is C13H11BrFNOS2. The molecule has 0 radical (unpaired) electrons. The number of thiophene rings is 1. The molecule has 2 rings (SSSR count). The molecule has 19 heavy (non-hydrogen) atoms. The normalized spacial score (nSPS) is 10.5. The summed E-state index contributed by atoms with van der Waals surface area (Å²) < 4.78 is 14.6. The highest BCUT2D eigenvalue weighted by Crippen LogP contribution is 2.22. The Bertz CT molecular complexity index is 614. The summed E-state index contributed by atoms with van der Waals surface area (Å²) in [5.41, 5.74) is 0.0469. The van der Waals surface area contributed by atoms with Crippen LogP contribution in [0.25, 0.3) is 0 Å². The Balaban J connectivity index is 2.16. The van der Waals surface area contributed by atoms with Crippen LogP contribution >= 0.6 is 39.9 Å². The van der Waals surface area contributed by atoms with Crippen molar-refractivity contribution in [3.05, 3.63) is 50.4 Å². The lowest BCUT2D eigenvalue weighted by Gasteiger charge is -2.16. The van der Waals surface area contributed by atoms with Gasteiger partial charge in [-0.15, -0.1) is 24.0 Å². The van der Waals surface area contributed by atoms with Crippen LogP contribution in [0.5, 0.6) is 0 Å². The first-order valence-electron chi connectivity index (χ1n) is 5.44. The number of nitrogens with zero attached hydrogens (tertiary/aromatic N) is 1. The minimum absolute atomic E-state index is 0.0469. The first kappa shape index (κ1) is 14.6. The van der Waals surface area contributed by atoms with Gasteiger partial charge in [0.2, 0.25) is 0 Å². The van der Waals surface area contributed by atoms with Crippen LogP contribution in [0, 0.1) is 5.82 Å². The fraction of sp³-hybridized carbons (Fsp3) is 0.154. The van der Waals surface area contributed by atoms with E-state index in [0.717, 1.165) is 9.35 Å². The highest BCUT2D eigenvalue weighted by Gasteiger charge is 2.17. The lowest BCUT2D eigenvalue weighted by Crippen LogP contribution is -2.26. The third-order valence-corrected chi connectivity index (χ3v) is 4.50. The van der Waals surface area contributed by atoms with Gasteiger partial charge in [-0.05, 0) is 40.2 Å². The van der Waals surface area contributed by atoms with E-state index >= 15 is 0 Å². The number of amides is 1. The van der Waals surface area contributed by atoms with Gasteiger partial charge in [0.15, 0.2) is 0 Å². The van der Waals surface area contributed by atoms with Crippen molar-refractivity contribution >= 4 is 45.8 Å². The predicted octanol–water partition coefficient (Wildman–Crippen LogP) is 4.21. The van der Waals surface area contributed by atoms with Gasteiger partial charge in [0.1, 0.15) is 5.82 Å². The zero-order valence-corrected chi connectivity index (χ0v) is 13.4. The first-order valence-corrected chi connectivity index (χ1v) is 7.56. The van der Waals surface area contributed by atoms with Crippen LogP contribution in [0.3, 0.4) is 0 Å². The van der Waals surface area contributed by atoms with Gasteiger partial charge in [-0.2, -0.15) is 0 Å². The lowest BCUT2D eigenvalue weighted by atomic mass is 10.2. The molecule has 2 nitrogen and oxygen atoms in total. The number of halogens is 2. The first-order chi connectivity index (χ1) is 8.97. The molecule has 1 amide bonds. The number of hydrogen-bond acceptors (Lipinski definition) is 3. The van der Waals surface area contributed by atoms with Gasteiger partial charge >= 0.3 is 0 Å².